The van der Waals surface area contributed by atoms with Crippen LogP contribution in [0.1, 0.15) is 67.4 Å². The molecule has 0 aliphatic carbocycles. The van der Waals surface area contributed by atoms with Crippen molar-refractivity contribution < 1.29 is 9.90 Å². The second-order valence-electron chi connectivity index (χ2n) is 6.44. The predicted octanol–water partition coefficient (Wildman–Crippen LogP) is 6.13. The molecule has 0 fully saturated rings. The molecule has 2 heteroatoms. The van der Waals surface area contributed by atoms with Crippen LogP contribution in [-0.4, -0.2) is 11.1 Å². The Bertz CT molecular complexity index is 656. The second-order valence-corrected chi connectivity index (χ2v) is 6.44. The Morgan fingerprint density at radius 1 is 0.833 bits per heavy atom. The summed E-state index contributed by atoms with van der Waals surface area (Å²) in [4.78, 5) is 11.6. The Kier molecular flexibility index (Phi) is 7.05. The molecule has 2 aromatic rings. The van der Waals surface area contributed by atoms with Gasteiger partial charge < -0.3 is 5.11 Å². The minimum atomic E-state index is -0.861. The van der Waals surface area contributed by atoms with Crippen molar-refractivity contribution in [3.63, 3.8) is 0 Å². The summed E-state index contributed by atoms with van der Waals surface area (Å²) >= 11 is 0. The average Bonchev–Trinajstić information content (AvgIpc) is 2.60. The van der Waals surface area contributed by atoms with Gasteiger partial charge in [0.15, 0.2) is 0 Å². The largest absolute Gasteiger partial charge is 0.478 e. The molecule has 0 saturated heterocycles. The average molecular weight is 324 g/mol. The van der Waals surface area contributed by atoms with Crippen LogP contribution in [0.15, 0.2) is 42.5 Å². The summed E-state index contributed by atoms with van der Waals surface area (Å²) in [7, 11) is 0. The fourth-order valence-electron chi connectivity index (χ4n) is 2.98. The zero-order valence-electron chi connectivity index (χ0n) is 14.8. The summed E-state index contributed by atoms with van der Waals surface area (Å²) in [5, 5.41) is 9.50. The van der Waals surface area contributed by atoms with E-state index in [1.165, 1.54) is 36.8 Å². The molecule has 2 nitrogen and oxygen atoms in total. The molecule has 0 saturated carbocycles. The summed E-state index contributed by atoms with van der Waals surface area (Å²) in [5.74, 6) is -0.861. The fourth-order valence-corrected chi connectivity index (χ4v) is 2.98. The van der Waals surface area contributed by atoms with Crippen molar-refractivity contribution in [2.24, 2.45) is 0 Å². The molecule has 0 atom stereocenters. The highest BCUT2D eigenvalue weighted by molar-refractivity contribution is 5.96. The number of carboxylic acid groups (broad SMARTS) is 1. The third-order valence-electron chi connectivity index (χ3n) is 4.47. The van der Waals surface area contributed by atoms with Gasteiger partial charge in [0.2, 0.25) is 0 Å². The minimum absolute atomic E-state index is 0.385. The minimum Gasteiger partial charge on any atom is -0.478 e. The van der Waals surface area contributed by atoms with E-state index in [-0.39, 0.29) is 0 Å². The molecule has 2 aromatic carbocycles. The first-order chi connectivity index (χ1) is 11.7. The van der Waals surface area contributed by atoms with Gasteiger partial charge in [0, 0.05) is 0 Å². The maximum atomic E-state index is 11.6. The van der Waals surface area contributed by atoms with E-state index >= 15 is 0 Å². The van der Waals surface area contributed by atoms with Gasteiger partial charge in [-0.2, -0.15) is 0 Å². The zero-order valence-corrected chi connectivity index (χ0v) is 14.8. The van der Waals surface area contributed by atoms with E-state index in [1.807, 2.05) is 6.07 Å². The van der Waals surface area contributed by atoms with E-state index in [1.54, 1.807) is 6.07 Å². The van der Waals surface area contributed by atoms with Gasteiger partial charge in [0.25, 0.3) is 0 Å². The first kappa shape index (κ1) is 18.3. The highest BCUT2D eigenvalue weighted by Gasteiger charge is 2.12. The lowest BCUT2D eigenvalue weighted by atomic mass is 9.94. The van der Waals surface area contributed by atoms with Crippen molar-refractivity contribution in [2.45, 2.75) is 58.8 Å². The molecular formula is C22H28O2. The standard InChI is InChI=1S/C22H28O2/c1-3-5-7-9-18-12-15-20(22(23)24)21(16-18)19-13-10-17(11-14-19)8-6-4-2/h10-16H,3-9H2,1-2H3,(H,23,24). The van der Waals surface area contributed by atoms with Crippen molar-refractivity contribution in [1.82, 2.24) is 0 Å². The molecular weight excluding hydrogens is 296 g/mol. The summed E-state index contributed by atoms with van der Waals surface area (Å²) in [6.45, 7) is 4.39. The molecule has 0 aromatic heterocycles. The van der Waals surface area contributed by atoms with Gasteiger partial charge in [-0.05, 0) is 54.0 Å². The molecule has 0 unspecified atom stereocenters. The quantitative estimate of drug-likeness (QED) is 0.564. The fraction of sp³-hybridized carbons (Fsp3) is 0.409. The lowest BCUT2D eigenvalue weighted by Gasteiger charge is -2.10. The van der Waals surface area contributed by atoms with Gasteiger partial charge in [0.05, 0.1) is 5.56 Å². The van der Waals surface area contributed by atoms with Crippen LogP contribution in [-0.2, 0) is 12.8 Å². The second kappa shape index (κ2) is 9.27. The lowest BCUT2D eigenvalue weighted by molar-refractivity contribution is 0.0697. The van der Waals surface area contributed by atoms with Crippen LogP contribution in [0.5, 0.6) is 0 Å². The first-order valence-electron chi connectivity index (χ1n) is 9.11. The third-order valence-corrected chi connectivity index (χ3v) is 4.47. The molecule has 0 spiro atoms. The highest BCUT2D eigenvalue weighted by atomic mass is 16.4. The van der Waals surface area contributed by atoms with Crippen LogP contribution in [0, 0.1) is 0 Å². The van der Waals surface area contributed by atoms with Gasteiger partial charge >= 0.3 is 5.97 Å². The maximum Gasteiger partial charge on any atom is 0.336 e. The summed E-state index contributed by atoms with van der Waals surface area (Å²) in [6, 6.07) is 14.1. The van der Waals surface area contributed by atoms with Gasteiger partial charge in [-0.15, -0.1) is 0 Å². The van der Waals surface area contributed by atoms with Crippen molar-refractivity contribution in [3.05, 3.63) is 59.2 Å². The number of carboxylic acids is 1. The van der Waals surface area contributed by atoms with Crippen LogP contribution in [0.4, 0.5) is 0 Å². The predicted molar refractivity (Wildman–Crippen MR) is 101 cm³/mol. The monoisotopic (exact) mass is 324 g/mol. The van der Waals surface area contributed by atoms with E-state index in [0.717, 1.165) is 30.4 Å². The number of aryl methyl sites for hydroxylation is 2. The van der Waals surface area contributed by atoms with Gasteiger partial charge in [-0.25, -0.2) is 4.79 Å². The van der Waals surface area contributed by atoms with Crippen molar-refractivity contribution in [3.8, 4) is 11.1 Å². The number of rotatable bonds is 9. The van der Waals surface area contributed by atoms with Crippen LogP contribution in [0.2, 0.25) is 0 Å². The molecule has 0 aliphatic rings. The number of benzene rings is 2. The van der Waals surface area contributed by atoms with Crippen LogP contribution in [0.25, 0.3) is 11.1 Å². The molecule has 24 heavy (non-hydrogen) atoms. The van der Waals surface area contributed by atoms with Crippen molar-refractivity contribution >= 4 is 5.97 Å². The number of hydrogen-bond acceptors (Lipinski definition) is 1. The topological polar surface area (TPSA) is 37.3 Å². The molecule has 0 radical (unpaired) electrons. The van der Waals surface area contributed by atoms with E-state index in [2.05, 4.69) is 44.2 Å². The summed E-state index contributed by atoms with van der Waals surface area (Å²) in [6.07, 6.45) is 8.02. The molecule has 0 amide bonds. The number of carbonyl (C=O) groups is 1. The molecule has 128 valence electrons. The molecule has 0 aliphatic heterocycles. The summed E-state index contributed by atoms with van der Waals surface area (Å²) < 4.78 is 0. The normalized spacial score (nSPS) is 10.8. The zero-order chi connectivity index (χ0) is 17.4. The van der Waals surface area contributed by atoms with E-state index in [0.29, 0.717) is 5.56 Å². The third kappa shape index (κ3) is 4.95. The van der Waals surface area contributed by atoms with Gasteiger partial charge in [-0.1, -0.05) is 69.5 Å². The Labute approximate surface area is 145 Å². The van der Waals surface area contributed by atoms with Crippen LogP contribution >= 0.6 is 0 Å². The lowest BCUT2D eigenvalue weighted by Crippen LogP contribution is -2.01. The van der Waals surface area contributed by atoms with Crippen molar-refractivity contribution in [2.75, 3.05) is 0 Å². The van der Waals surface area contributed by atoms with E-state index in [9.17, 15) is 9.90 Å². The smallest absolute Gasteiger partial charge is 0.336 e. The number of unbranched alkanes of at least 4 members (excludes halogenated alkanes) is 3. The van der Waals surface area contributed by atoms with E-state index < -0.39 is 5.97 Å². The van der Waals surface area contributed by atoms with Crippen LogP contribution < -0.4 is 0 Å². The summed E-state index contributed by atoms with van der Waals surface area (Å²) in [5.41, 5.74) is 4.74. The molecule has 1 N–H and O–H groups in total. The Balaban J connectivity index is 2.28. The Hall–Kier alpha value is -2.09. The Morgan fingerprint density at radius 3 is 2.08 bits per heavy atom. The highest BCUT2D eigenvalue weighted by Crippen LogP contribution is 2.27. The van der Waals surface area contributed by atoms with Gasteiger partial charge in [-0.3, -0.25) is 0 Å². The number of aromatic carboxylic acids is 1. The van der Waals surface area contributed by atoms with Crippen molar-refractivity contribution in [1.29, 1.82) is 0 Å². The molecule has 0 heterocycles. The number of hydrogen-bond donors (Lipinski definition) is 1. The Morgan fingerprint density at radius 2 is 1.46 bits per heavy atom. The first-order valence-corrected chi connectivity index (χ1v) is 9.11. The maximum absolute atomic E-state index is 11.6. The van der Waals surface area contributed by atoms with Gasteiger partial charge in [0.1, 0.15) is 0 Å². The molecule has 0 bridgehead atoms. The van der Waals surface area contributed by atoms with E-state index in [4.69, 9.17) is 0 Å². The van der Waals surface area contributed by atoms with Crippen LogP contribution in [0.3, 0.4) is 0 Å². The SMILES string of the molecule is CCCCCc1ccc(C(=O)O)c(-c2ccc(CCCC)cc2)c1. The molecule has 2 rings (SSSR count).